The van der Waals surface area contributed by atoms with Gasteiger partial charge in [-0.05, 0) is 36.1 Å². The summed E-state index contributed by atoms with van der Waals surface area (Å²) < 4.78 is 5.24. The molecule has 0 fully saturated rings. The maximum Gasteiger partial charge on any atom is 0.357 e. The van der Waals surface area contributed by atoms with Crippen LogP contribution in [0.15, 0.2) is 28.9 Å². The molecule has 0 aliphatic carbocycles. The fourth-order valence-corrected chi connectivity index (χ4v) is 2.42. The molecule has 6 heteroatoms. The molecule has 104 valence electrons. The number of phenolic OH excluding ortho intramolecular Hbond substituents is 1. The van der Waals surface area contributed by atoms with E-state index in [9.17, 15) is 9.90 Å². The van der Waals surface area contributed by atoms with Gasteiger partial charge in [0.15, 0.2) is 5.69 Å². The zero-order chi connectivity index (χ0) is 14.1. The zero-order valence-electron chi connectivity index (χ0n) is 10.7. The van der Waals surface area contributed by atoms with Gasteiger partial charge in [0.1, 0.15) is 12.0 Å². The second-order valence-corrected chi connectivity index (χ2v) is 4.80. The predicted octanol–water partition coefficient (Wildman–Crippen LogP) is 2.03. The van der Waals surface area contributed by atoms with Gasteiger partial charge in [-0.2, -0.15) is 4.98 Å². The number of aromatic hydroxyl groups is 1. The summed E-state index contributed by atoms with van der Waals surface area (Å²) in [4.78, 5) is 16.7. The van der Waals surface area contributed by atoms with Crippen molar-refractivity contribution in [2.24, 2.45) is 0 Å². The van der Waals surface area contributed by atoms with E-state index in [4.69, 9.17) is 9.52 Å². The number of hydrogen-bond acceptors (Lipinski definition) is 5. The van der Waals surface area contributed by atoms with Gasteiger partial charge < -0.3 is 19.5 Å². The molecular formula is C14H14N2O4. The van der Waals surface area contributed by atoms with E-state index in [1.807, 2.05) is 11.0 Å². The maximum absolute atomic E-state index is 10.8. The Labute approximate surface area is 115 Å². The molecule has 0 unspecified atom stereocenters. The maximum atomic E-state index is 10.8. The predicted molar refractivity (Wildman–Crippen MR) is 70.9 cm³/mol. The first-order valence-corrected chi connectivity index (χ1v) is 6.38. The Bertz CT molecular complexity index is 650. The van der Waals surface area contributed by atoms with Crippen molar-refractivity contribution in [1.29, 1.82) is 0 Å². The van der Waals surface area contributed by atoms with Gasteiger partial charge in [-0.25, -0.2) is 4.79 Å². The molecule has 2 N–H and O–H groups in total. The zero-order valence-corrected chi connectivity index (χ0v) is 10.7. The molecule has 1 aliphatic heterocycles. The molecule has 20 heavy (non-hydrogen) atoms. The molecule has 0 spiro atoms. The van der Waals surface area contributed by atoms with Gasteiger partial charge in [-0.1, -0.05) is 6.07 Å². The number of oxazole rings is 1. The molecule has 0 bridgehead atoms. The molecule has 0 atom stereocenters. The normalized spacial score (nSPS) is 14.7. The van der Waals surface area contributed by atoms with Crippen LogP contribution < -0.4 is 4.90 Å². The highest BCUT2D eigenvalue weighted by atomic mass is 16.4. The Kier molecular flexibility index (Phi) is 3.06. The monoisotopic (exact) mass is 274 g/mol. The minimum absolute atomic E-state index is 0.0969. The van der Waals surface area contributed by atoms with Gasteiger partial charge in [0.25, 0.3) is 6.01 Å². The summed E-state index contributed by atoms with van der Waals surface area (Å²) in [5, 5.41) is 18.5. The topological polar surface area (TPSA) is 86.8 Å². The Balaban J connectivity index is 1.89. The third-order valence-electron chi connectivity index (χ3n) is 3.41. The number of hydrogen-bond donors (Lipinski definition) is 2. The number of carboxylic acids is 1. The molecule has 2 aromatic rings. The van der Waals surface area contributed by atoms with Gasteiger partial charge in [-0.3, -0.25) is 0 Å². The molecule has 0 radical (unpaired) electrons. The highest BCUT2D eigenvalue weighted by molar-refractivity contribution is 5.85. The van der Waals surface area contributed by atoms with Crippen molar-refractivity contribution in [3.8, 4) is 5.75 Å². The lowest BCUT2D eigenvalue weighted by atomic mass is 10.0. The molecule has 2 heterocycles. The molecule has 3 rings (SSSR count). The van der Waals surface area contributed by atoms with Gasteiger partial charge in [0.05, 0.1) is 0 Å². The average molecular weight is 274 g/mol. The SMILES string of the molecule is O=C(O)c1coc(N2CCCc3ccc(O)cc3C2)n1. The lowest BCUT2D eigenvalue weighted by Gasteiger charge is -2.18. The van der Waals surface area contributed by atoms with Crippen LogP contribution in [0.25, 0.3) is 0 Å². The van der Waals surface area contributed by atoms with Crippen LogP contribution in [0.2, 0.25) is 0 Å². The lowest BCUT2D eigenvalue weighted by Crippen LogP contribution is -2.22. The van der Waals surface area contributed by atoms with E-state index in [-0.39, 0.29) is 11.4 Å². The Morgan fingerprint density at radius 3 is 2.95 bits per heavy atom. The molecule has 1 aromatic heterocycles. The van der Waals surface area contributed by atoms with Gasteiger partial charge >= 0.3 is 5.97 Å². The van der Waals surface area contributed by atoms with Gasteiger partial charge in [0.2, 0.25) is 0 Å². The van der Waals surface area contributed by atoms with Crippen LogP contribution in [0.1, 0.15) is 28.0 Å². The van der Waals surface area contributed by atoms with E-state index in [1.54, 1.807) is 12.1 Å². The third-order valence-corrected chi connectivity index (χ3v) is 3.41. The van der Waals surface area contributed by atoms with Crippen molar-refractivity contribution in [2.75, 3.05) is 11.4 Å². The number of fused-ring (bicyclic) bond motifs is 1. The fourth-order valence-electron chi connectivity index (χ4n) is 2.42. The van der Waals surface area contributed by atoms with Crippen LogP contribution >= 0.6 is 0 Å². The first kappa shape index (κ1) is 12.5. The molecule has 6 nitrogen and oxygen atoms in total. The van der Waals surface area contributed by atoms with Gasteiger partial charge in [-0.15, -0.1) is 0 Å². The second-order valence-electron chi connectivity index (χ2n) is 4.80. The largest absolute Gasteiger partial charge is 0.508 e. The standard InChI is InChI=1S/C14H14N2O4/c17-11-4-3-9-2-1-5-16(7-10(9)6-11)14-15-12(8-20-14)13(18)19/h3-4,6,8,17H,1-2,5,7H2,(H,18,19). The Hall–Kier alpha value is -2.50. The van der Waals surface area contributed by atoms with E-state index >= 15 is 0 Å². The summed E-state index contributed by atoms with van der Waals surface area (Å²) in [6, 6.07) is 5.64. The molecule has 1 aliphatic rings. The second kappa shape index (κ2) is 4.88. The number of nitrogens with zero attached hydrogens (tertiary/aromatic N) is 2. The minimum atomic E-state index is -1.10. The van der Waals surface area contributed by atoms with Crippen LogP contribution in [0, 0.1) is 0 Å². The number of rotatable bonds is 2. The summed E-state index contributed by atoms with van der Waals surface area (Å²) in [6.07, 6.45) is 2.98. The number of aryl methyl sites for hydroxylation is 1. The lowest BCUT2D eigenvalue weighted by molar-refractivity contribution is 0.0690. The highest BCUT2D eigenvalue weighted by Gasteiger charge is 2.20. The molecule has 0 saturated heterocycles. The number of anilines is 1. The van der Waals surface area contributed by atoms with Crippen molar-refractivity contribution in [1.82, 2.24) is 4.98 Å². The number of aromatic carboxylic acids is 1. The Morgan fingerprint density at radius 1 is 1.35 bits per heavy atom. The first-order chi connectivity index (χ1) is 9.63. The first-order valence-electron chi connectivity index (χ1n) is 6.38. The number of aromatic nitrogens is 1. The van der Waals surface area contributed by atoms with E-state index in [0.29, 0.717) is 12.6 Å². The summed E-state index contributed by atoms with van der Waals surface area (Å²) >= 11 is 0. The number of phenols is 1. The summed E-state index contributed by atoms with van der Waals surface area (Å²) in [5.41, 5.74) is 2.10. The smallest absolute Gasteiger partial charge is 0.357 e. The van der Waals surface area contributed by atoms with Crippen LogP contribution in [-0.4, -0.2) is 27.7 Å². The van der Waals surface area contributed by atoms with Crippen LogP contribution in [-0.2, 0) is 13.0 Å². The van der Waals surface area contributed by atoms with Crippen molar-refractivity contribution < 1.29 is 19.4 Å². The van der Waals surface area contributed by atoms with Crippen molar-refractivity contribution in [3.05, 3.63) is 41.3 Å². The van der Waals surface area contributed by atoms with Crippen molar-refractivity contribution in [3.63, 3.8) is 0 Å². The minimum Gasteiger partial charge on any atom is -0.508 e. The van der Waals surface area contributed by atoms with Gasteiger partial charge in [0, 0.05) is 13.1 Å². The summed E-state index contributed by atoms with van der Waals surface area (Å²) in [5.74, 6) is -0.878. The van der Waals surface area contributed by atoms with Crippen LogP contribution in [0.3, 0.4) is 0 Å². The fraction of sp³-hybridized carbons (Fsp3) is 0.286. The number of carbonyl (C=O) groups is 1. The number of carboxylic acid groups (broad SMARTS) is 1. The van der Waals surface area contributed by atoms with Crippen molar-refractivity contribution >= 4 is 12.0 Å². The van der Waals surface area contributed by atoms with E-state index in [0.717, 1.165) is 31.2 Å². The third kappa shape index (κ3) is 2.32. The van der Waals surface area contributed by atoms with Crippen molar-refractivity contribution in [2.45, 2.75) is 19.4 Å². The van der Waals surface area contributed by atoms with E-state index in [2.05, 4.69) is 4.98 Å². The van der Waals surface area contributed by atoms with E-state index < -0.39 is 5.97 Å². The Morgan fingerprint density at radius 2 is 2.20 bits per heavy atom. The molecule has 1 aromatic carbocycles. The quantitative estimate of drug-likeness (QED) is 0.871. The molecular weight excluding hydrogens is 260 g/mol. The van der Waals surface area contributed by atoms with E-state index in [1.165, 1.54) is 5.56 Å². The summed E-state index contributed by atoms with van der Waals surface area (Å²) in [7, 11) is 0. The summed E-state index contributed by atoms with van der Waals surface area (Å²) in [6.45, 7) is 1.28. The van der Waals surface area contributed by atoms with Crippen LogP contribution in [0.5, 0.6) is 5.75 Å². The van der Waals surface area contributed by atoms with Crippen LogP contribution in [0.4, 0.5) is 6.01 Å². The number of benzene rings is 1. The average Bonchev–Trinajstić information content (AvgIpc) is 2.81. The highest BCUT2D eigenvalue weighted by Crippen LogP contribution is 2.26. The molecule has 0 amide bonds. The molecule has 0 saturated carbocycles.